The predicted molar refractivity (Wildman–Crippen MR) is 113 cm³/mol. The highest BCUT2D eigenvalue weighted by atomic mass is 19.4. The van der Waals surface area contributed by atoms with Gasteiger partial charge in [0.05, 0.1) is 11.4 Å². The van der Waals surface area contributed by atoms with Crippen LogP contribution in [0.5, 0.6) is 0 Å². The van der Waals surface area contributed by atoms with Crippen LogP contribution >= 0.6 is 0 Å². The van der Waals surface area contributed by atoms with Crippen LogP contribution in [0.4, 0.5) is 27.9 Å². The molecule has 5 aromatic rings. The number of hydrogen-bond donors (Lipinski definition) is 1. The summed E-state index contributed by atoms with van der Waals surface area (Å²) in [5, 5.41) is 10.1. The highest BCUT2D eigenvalue weighted by Gasteiger charge is 2.35. The van der Waals surface area contributed by atoms with Crippen LogP contribution in [0.25, 0.3) is 22.6 Å². The summed E-state index contributed by atoms with van der Waals surface area (Å²) in [6.07, 6.45) is -3.55. The van der Waals surface area contributed by atoms with Gasteiger partial charge < -0.3 is 0 Å². The third kappa shape index (κ3) is 4.43. The van der Waals surface area contributed by atoms with Crippen LogP contribution in [0.3, 0.4) is 0 Å². The topological polar surface area (TPSA) is 90.0 Å². The van der Waals surface area contributed by atoms with E-state index >= 15 is 0 Å². The van der Waals surface area contributed by atoms with Crippen molar-refractivity contribution < 1.29 is 26.7 Å². The third-order valence-electron chi connectivity index (χ3n) is 4.90. The fraction of sp³-hybridized carbons (Fsp3) is 0.0455. The molecule has 5 rings (SSSR count). The summed E-state index contributed by atoms with van der Waals surface area (Å²) < 4.78 is 69.3. The van der Waals surface area contributed by atoms with Gasteiger partial charge in [0.2, 0.25) is 5.95 Å². The van der Waals surface area contributed by atoms with E-state index in [4.69, 9.17) is 0 Å². The highest BCUT2D eigenvalue weighted by molar-refractivity contribution is 6.02. The second kappa shape index (κ2) is 8.27. The van der Waals surface area contributed by atoms with Crippen LogP contribution in [-0.4, -0.2) is 35.3 Å². The number of benzene rings is 2. The fourth-order valence-corrected chi connectivity index (χ4v) is 3.26. The molecule has 0 saturated carbocycles. The van der Waals surface area contributed by atoms with Gasteiger partial charge in [-0.15, -0.1) is 5.10 Å². The SMILES string of the molecule is O=C(Nc1ncn(-c2ccc(F)cc2)n1)c1cc2nc(-c3ccc(F)cc3)cc(C(F)(F)F)n2n1. The lowest BCUT2D eigenvalue weighted by Gasteiger charge is -2.11. The van der Waals surface area contributed by atoms with Crippen molar-refractivity contribution in [2.24, 2.45) is 0 Å². The Kier molecular flexibility index (Phi) is 5.23. The second-order valence-corrected chi connectivity index (χ2v) is 7.27. The van der Waals surface area contributed by atoms with Gasteiger partial charge in [-0.25, -0.2) is 23.0 Å². The number of nitrogens with one attached hydrogen (secondary N) is 1. The van der Waals surface area contributed by atoms with E-state index in [0.29, 0.717) is 10.2 Å². The van der Waals surface area contributed by atoms with Crippen molar-refractivity contribution in [3.05, 3.63) is 90.0 Å². The minimum Gasteiger partial charge on any atom is -0.288 e. The van der Waals surface area contributed by atoms with Gasteiger partial charge in [0.1, 0.15) is 18.0 Å². The van der Waals surface area contributed by atoms with Crippen molar-refractivity contribution in [3.63, 3.8) is 0 Å². The standard InChI is InChI=1S/C22H12F5N7O/c23-13-3-1-12(2-4-13)16-9-18(22(25,26)27)34-19(29-16)10-17(31-34)20(35)30-21-28-11-33(32-21)15-7-5-14(24)6-8-15/h1-11H,(H,30,32,35). The summed E-state index contributed by atoms with van der Waals surface area (Å²) in [5.74, 6) is -2.01. The molecule has 3 aromatic heterocycles. The zero-order chi connectivity index (χ0) is 24.7. The zero-order valence-electron chi connectivity index (χ0n) is 17.3. The first kappa shape index (κ1) is 22.1. The molecule has 0 bridgehead atoms. The van der Waals surface area contributed by atoms with Gasteiger partial charge in [0.25, 0.3) is 5.91 Å². The van der Waals surface area contributed by atoms with E-state index in [2.05, 4.69) is 25.5 Å². The Bertz CT molecular complexity index is 1540. The number of nitrogens with zero attached hydrogens (tertiary/aromatic N) is 6. The van der Waals surface area contributed by atoms with E-state index in [1.165, 1.54) is 47.4 Å². The van der Waals surface area contributed by atoms with Gasteiger partial charge in [0, 0.05) is 11.6 Å². The number of fused-ring (bicyclic) bond motifs is 1. The van der Waals surface area contributed by atoms with Crippen molar-refractivity contribution in [2.45, 2.75) is 6.18 Å². The first-order chi connectivity index (χ1) is 16.7. The van der Waals surface area contributed by atoms with Gasteiger partial charge in [-0.05, 0) is 54.6 Å². The number of halogens is 5. The minimum atomic E-state index is -4.81. The number of alkyl halides is 3. The first-order valence-corrected chi connectivity index (χ1v) is 9.90. The van der Waals surface area contributed by atoms with Gasteiger partial charge in [0.15, 0.2) is 17.0 Å². The number of anilines is 1. The summed E-state index contributed by atoms with van der Waals surface area (Å²) in [6, 6.07) is 12.0. The molecule has 1 amide bonds. The molecule has 3 heterocycles. The van der Waals surface area contributed by atoms with Crippen LogP contribution in [0, 0.1) is 11.6 Å². The third-order valence-corrected chi connectivity index (χ3v) is 4.90. The van der Waals surface area contributed by atoms with Gasteiger partial charge in [-0.2, -0.15) is 23.3 Å². The number of carbonyl (C=O) groups is 1. The summed E-state index contributed by atoms with van der Waals surface area (Å²) in [4.78, 5) is 20.7. The quantitative estimate of drug-likeness (QED) is 0.378. The molecule has 0 aliphatic heterocycles. The lowest BCUT2D eigenvalue weighted by Crippen LogP contribution is -2.16. The second-order valence-electron chi connectivity index (χ2n) is 7.27. The van der Waals surface area contributed by atoms with E-state index in [1.807, 2.05) is 0 Å². The van der Waals surface area contributed by atoms with Crippen LogP contribution in [0.1, 0.15) is 16.2 Å². The summed E-state index contributed by atoms with van der Waals surface area (Å²) in [6.45, 7) is 0. The van der Waals surface area contributed by atoms with Crippen molar-refractivity contribution >= 4 is 17.5 Å². The molecule has 0 aliphatic rings. The molecule has 2 aromatic carbocycles. The van der Waals surface area contributed by atoms with Crippen molar-refractivity contribution in [2.75, 3.05) is 5.32 Å². The van der Waals surface area contributed by atoms with Crippen molar-refractivity contribution in [1.82, 2.24) is 29.4 Å². The van der Waals surface area contributed by atoms with Crippen molar-refractivity contribution in [3.8, 4) is 16.9 Å². The molecule has 0 atom stereocenters. The normalized spacial score (nSPS) is 11.7. The number of rotatable bonds is 4. The van der Waals surface area contributed by atoms with Crippen molar-refractivity contribution in [1.29, 1.82) is 0 Å². The zero-order valence-corrected chi connectivity index (χ0v) is 17.3. The molecule has 8 nitrogen and oxygen atoms in total. The average molecular weight is 485 g/mol. The fourth-order valence-electron chi connectivity index (χ4n) is 3.26. The number of carbonyl (C=O) groups excluding carboxylic acids is 1. The van der Waals surface area contributed by atoms with Gasteiger partial charge in [-0.3, -0.25) is 10.1 Å². The average Bonchev–Trinajstić information content (AvgIpc) is 3.46. The smallest absolute Gasteiger partial charge is 0.288 e. The molecule has 0 radical (unpaired) electrons. The molecular weight excluding hydrogens is 473 g/mol. The Hall–Kier alpha value is -4.68. The Morgan fingerprint density at radius 2 is 1.54 bits per heavy atom. The first-order valence-electron chi connectivity index (χ1n) is 9.90. The number of aromatic nitrogens is 6. The lowest BCUT2D eigenvalue weighted by molar-refractivity contribution is -0.142. The molecular formula is C22H12F5N7O. The molecule has 0 spiro atoms. The van der Waals surface area contributed by atoms with Crippen LogP contribution in [0.15, 0.2) is 67.0 Å². The molecule has 13 heteroatoms. The Morgan fingerprint density at radius 1 is 0.886 bits per heavy atom. The molecule has 1 N–H and O–H groups in total. The molecule has 35 heavy (non-hydrogen) atoms. The number of hydrogen-bond acceptors (Lipinski definition) is 5. The van der Waals surface area contributed by atoms with Crippen LogP contribution in [0.2, 0.25) is 0 Å². The maximum atomic E-state index is 13.7. The molecule has 0 saturated heterocycles. The van der Waals surface area contributed by atoms with Crippen LogP contribution < -0.4 is 5.32 Å². The highest BCUT2D eigenvalue weighted by Crippen LogP contribution is 2.32. The Morgan fingerprint density at radius 3 is 2.20 bits per heavy atom. The van der Waals surface area contributed by atoms with Gasteiger partial charge >= 0.3 is 6.18 Å². The molecule has 0 unspecified atom stereocenters. The van der Waals surface area contributed by atoms with Gasteiger partial charge in [-0.1, -0.05) is 0 Å². The largest absolute Gasteiger partial charge is 0.433 e. The van der Waals surface area contributed by atoms with E-state index in [1.54, 1.807) is 0 Å². The molecule has 0 fully saturated rings. The summed E-state index contributed by atoms with van der Waals surface area (Å²) in [5.41, 5.74) is -1.12. The van der Waals surface area contributed by atoms with E-state index < -0.39 is 29.4 Å². The monoisotopic (exact) mass is 485 g/mol. The predicted octanol–water partition coefficient (Wildman–Crippen LogP) is 4.53. The van der Waals surface area contributed by atoms with E-state index in [0.717, 1.165) is 24.3 Å². The van der Waals surface area contributed by atoms with E-state index in [-0.39, 0.29) is 28.5 Å². The summed E-state index contributed by atoms with van der Waals surface area (Å²) >= 11 is 0. The Labute approximate surface area is 192 Å². The minimum absolute atomic E-state index is 0.0728. The van der Waals surface area contributed by atoms with E-state index in [9.17, 15) is 26.7 Å². The maximum absolute atomic E-state index is 13.7. The molecule has 176 valence electrons. The van der Waals surface area contributed by atoms with Crippen LogP contribution in [-0.2, 0) is 6.18 Å². The lowest BCUT2D eigenvalue weighted by atomic mass is 10.1. The molecule has 0 aliphatic carbocycles. The Balaban J connectivity index is 1.47. The number of amides is 1. The maximum Gasteiger partial charge on any atom is 0.433 e. The summed E-state index contributed by atoms with van der Waals surface area (Å²) in [7, 11) is 0.